The fourth-order valence-corrected chi connectivity index (χ4v) is 4.72. The molecule has 8 nitrogen and oxygen atoms in total. The highest BCUT2D eigenvalue weighted by Crippen LogP contribution is 2.30. The van der Waals surface area contributed by atoms with E-state index >= 15 is 0 Å². The van der Waals surface area contributed by atoms with E-state index in [4.69, 9.17) is 9.15 Å². The number of aromatic nitrogens is 2. The minimum Gasteiger partial charge on any atom is -0.480 e. The first kappa shape index (κ1) is 23.1. The Morgan fingerprint density at radius 1 is 1.06 bits per heavy atom. The lowest BCUT2D eigenvalue weighted by molar-refractivity contribution is 0.385. The van der Waals surface area contributed by atoms with Gasteiger partial charge in [0.1, 0.15) is 12.0 Å². The predicted molar refractivity (Wildman–Crippen MR) is 132 cm³/mol. The topological polar surface area (TPSA) is 106 Å². The summed E-state index contributed by atoms with van der Waals surface area (Å²) in [7, 11) is -2.63. The number of aryl methyl sites for hydroxylation is 2. The Hall–Kier alpha value is -4.11. The van der Waals surface area contributed by atoms with E-state index in [1.165, 1.54) is 25.6 Å². The fourth-order valence-electron chi connectivity index (χ4n) is 3.37. The number of nitrogens with one attached hydrogen (secondary N) is 2. The highest BCUT2D eigenvalue weighted by atomic mass is 32.2. The molecule has 2 N–H and O–H groups in total. The molecular formula is C25H24N4O4S. The second kappa shape index (κ2) is 9.40. The molecule has 4 aromatic rings. The van der Waals surface area contributed by atoms with Crippen molar-refractivity contribution in [1.82, 2.24) is 9.97 Å². The van der Waals surface area contributed by atoms with E-state index in [0.29, 0.717) is 28.7 Å². The first-order valence-corrected chi connectivity index (χ1v) is 11.9. The first-order chi connectivity index (χ1) is 16.3. The van der Waals surface area contributed by atoms with Gasteiger partial charge in [0.05, 0.1) is 30.4 Å². The standard InChI is InChI=1S/C25H24N4O4S/c1-16-9-8-10-17(2)23(16)29-34(30,31)22-13-20(14-26-25(22)32-4)27-18(3)21-15-33-24(28-21)19-11-6-5-7-12-19/h5-15,27,29H,3H2,1-2,4H3. The van der Waals surface area contributed by atoms with Crippen LogP contribution in [0.25, 0.3) is 17.2 Å². The Labute approximate surface area is 198 Å². The van der Waals surface area contributed by atoms with E-state index in [1.807, 2.05) is 62.4 Å². The zero-order valence-electron chi connectivity index (χ0n) is 19.0. The molecule has 0 radical (unpaired) electrons. The molecule has 0 aliphatic rings. The number of rotatable bonds is 8. The number of para-hydroxylation sites is 1. The van der Waals surface area contributed by atoms with Crippen LogP contribution in [0.4, 0.5) is 11.4 Å². The molecule has 0 saturated carbocycles. The Morgan fingerprint density at radius 2 is 1.76 bits per heavy atom. The number of oxazole rings is 1. The maximum atomic E-state index is 13.2. The lowest BCUT2D eigenvalue weighted by Gasteiger charge is -2.16. The second-order valence-electron chi connectivity index (χ2n) is 7.61. The van der Waals surface area contributed by atoms with E-state index < -0.39 is 10.0 Å². The number of hydrogen-bond acceptors (Lipinski definition) is 7. The number of sulfonamides is 1. The monoisotopic (exact) mass is 476 g/mol. The summed E-state index contributed by atoms with van der Waals surface area (Å²) in [5, 5.41) is 3.05. The molecular weight excluding hydrogens is 452 g/mol. The average molecular weight is 477 g/mol. The van der Waals surface area contributed by atoms with Gasteiger partial charge in [-0.15, -0.1) is 0 Å². The molecule has 0 spiro atoms. The quantitative estimate of drug-likeness (QED) is 0.358. The highest BCUT2D eigenvalue weighted by molar-refractivity contribution is 7.92. The summed E-state index contributed by atoms with van der Waals surface area (Å²) in [6.07, 6.45) is 2.94. The van der Waals surface area contributed by atoms with Crippen LogP contribution in [-0.2, 0) is 10.0 Å². The van der Waals surface area contributed by atoms with Gasteiger partial charge in [0.25, 0.3) is 10.0 Å². The molecule has 0 aliphatic heterocycles. The van der Waals surface area contributed by atoms with Gasteiger partial charge < -0.3 is 14.5 Å². The maximum absolute atomic E-state index is 13.2. The largest absolute Gasteiger partial charge is 0.480 e. The summed E-state index contributed by atoms with van der Waals surface area (Å²) in [5.74, 6) is 0.426. The van der Waals surface area contributed by atoms with Gasteiger partial charge in [0.15, 0.2) is 4.90 Å². The molecule has 0 fully saturated rings. The van der Waals surface area contributed by atoms with E-state index in [2.05, 4.69) is 26.6 Å². The third-order valence-corrected chi connectivity index (χ3v) is 6.49. The van der Waals surface area contributed by atoms with E-state index in [1.54, 1.807) is 0 Å². The summed E-state index contributed by atoms with van der Waals surface area (Å²) in [6, 6.07) is 16.4. The molecule has 0 atom stereocenters. The van der Waals surface area contributed by atoms with E-state index in [-0.39, 0.29) is 10.8 Å². The van der Waals surface area contributed by atoms with Crippen LogP contribution in [0.5, 0.6) is 5.88 Å². The minimum atomic E-state index is -4.00. The Bertz CT molecular complexity index is 1430. The van der Waals surface area contributed by atoms with Gasteiger partial charge in [-0.05, 0) is 43.2 Å². The van der Waals surface area contributed by atoms with Crippen molar-refractivity contribution < 1.29 is 17.6 Å². The molecule has 0 unspecified atom stereocenters. The number of benzene rings is 2. The van der Waals surface area contributed by atoms with Crippen LogP contribution < -0.4 is 14.8 Å². The van der Waals surface area contributed by atoms with Crippen LogP contribution in [0.3, 0.4) is 0 Å². The van der Waals surface area contributed by atoms with Crippen molar-refractivity contribution >= 4 is 27.1 Å². The number of anilines is 2. The molecule has 0 bridgehead atoms. The second-order valence-corrected chi connectivity index (χ2v) is 9.26. The minimum absolute atomic E-state index is 0.0253. The van der Waals surface area contributed by atoms with Crippen LogP contribution >= 0.6 is 0 Å². The van der Waals surface area contributed by atoms with Crippen molar-refractivity contribution in [2.75, 3.05) is 17.1 Å². The highest BCUT2D eigenvalue weighted by Gasteiger charge is 2.23. The summed E-state index contributed by atoms with van der Waals surface area (Å²) in [5.41, 5.74) is 4.26. The van der Waals surface area contributed by atoms with E-state index in [0.717, 1.165) is 16.7 Å². The lowest BCUT2D eigenvalue weighted by atomic mass is 10.1. The summed E-state index contributed by atoms with van der Waals surface area (Å²) >= 11 is 0. The Morgan fingerprint density at radius 3 is 2.44 bits per heavy atom. The third-order valence-electron chi connectivity index (χ3n) is 5.15. The molecule has 9 heteroatoms. The Kier molecular flexibility index (Phi) is 6.38. The van der Waals surface area contributed by atoms with Crippen molar-refractivity contribution in [2.45, 2.75) is 18.7 Å². The SMILES string of the molecule is C=C(Nc1cnc(OC)c(S(=O)(=O)Nc2c(C)cccc2C)c1)c1coc(-c2ccccc2)n1. The lowest BCUT2D eigenvalue weighted by Crippen LogP contribution is -2.16. The molecule has 0 saturated heterocycles. The molecule has 0 amide bonds. The van der Waals surface area contributed by atoms with Gasteiger partial charge in [0.2, 0.25) is 11.8 Å². The van der Waals surface area contributed by atoms with Crippen LogP contribution in [0, 0.1) is 13.8 Å². The van der Waals surface area contributed by atoms with Gasteiger partial charge in [-0.2, -0.15) is 0 Å². The van der Waals surface area contributed by atoms with Gasteiger partial charge in [0, 0.05) is 5.56 Å². The third kappa shape index (κ3) is 4.79. The number of nitrogens with zero attached hydrogens (tertiary/aromatic N) is 2. The fraction of sp³-hybridized carbons (Fsp3) is 0.120. The van der Waals surface area contributed by atoms with Crippen molar-refractivity contribution in [3.05, 3.63) is 90.5 Å². The zero-order chi connectivity index (χ0) is 24.3. The predicted octanol–water partition coefficient (Wildman–Crippen LogP) is 5.25. The smallest absolute Gasteiger partial charge is 0.267 e. The van der Waals surface area contributed by atoms with Crippen LogP contribution in [0.15, 0.2) is 82.9 Å². The molecule has 4 rings (SSSR count). The Balaban J connectivity index is 1.60. The first-order valence-electron chi connectivity index (χ1n) is 10.4. The average Bonchev–Trinajstić information content (AvgIpc) is 3.33. The number of pyridine rings is 1. The van der Waals surface area contributed by atoms with Crippen molar-refractivity contribution in [1.29, 1.82) is 0 Å². The molecule has 2 aromatic heterocycles. The molecule has 2 aromatic carbocycles. The van der Waals surface area contributed by atoms with Gasteiger partial charge in [-0.1, -0.05) is 43.0 Å². The zero-order valence-corrected chi connectivity index (χ0v) is 19.8. The van der Waals surface area contributed by atoms with E-state index in [9.17, 15) is 8.42 Å². The number of methoxy groups -OCH3 is 1. The van der Waals surface area contributed by atoms with Crippen molar-refractivity contribution in [3.8, 4) is 17.3 Å². The van der Waals surface area contributed by atoms with Gasteiger partial charge in [-0.3, -0.25) is 4.72 Å². The molecule has 34 heavy (non-hydrogen) atoms. The summed E-state index contributed by atoms with van der Waals surface area (Å²) < 4.78 is 39.9. The van der Waals surface area contributed by atoms with Crippen molar-refractivity contribution in [2.24, 2.45) is 0 Å². The van der Waals surface area contributed by atoms with Gasteiger partial charge in [-0.25, -0.2) is 18.4 Å². The summed E-state index contributed by atoms with van der Waals surface area (Å²) in [6.45, 7) is 7.67. The normalized spacial score (nSPS) is 11.1. The number of hydrogen-bond donors (Lipinski definition) is 2. The van der Waals surface area contributed by atoms with Crippen LogP contribution in [0.2, 0.25) is 0 Å². The number of ether oxygens (including phenoxy) is 1. The molecule has 0 aliphatic carbocycles. The van der Waals surface area contributed by atoms with Crippen molar-refractivity contribution in [3.63, 3.8) is 0 Å². The maximum Gasteiger partial charge on any atom is 0.267 e. The molecule has 2 heterocycles. The summed E-state index contributed by atoms with van der Waals surface area (Å²) in [4.78, 5) is 8.50. The molecule has 174 valence electrons. The van der Waals surface area contributed by atoms with Crippen LogP contribution in [0.1, 0.15) is 16.8 Å². The van der Waals surface area contributed by atoms with Crippen LogP contribution in [-0.4, -0.2) is 25.5 Å². The van der Waals surface area contributed by atoms with Gasteiger partial charge >= 0.3 is 0 Å².